The summed E-state index contributed by atoms with van der Waals surface area (Å²) in [6, 6.07) is 5.99. The SMILES string of the molecule is CCn1c(C2(CC)CCCN2)nc2cc(Cl)ccc21. The van der Waals surface area contributed by atoms with Crippen molar-refractivity contribution in [1.29, 1.82) is 0 Å². The molecule has 4 heteroatoms. The van der Waals surface area contributed by atoms with Crippen molar-refractivity contribution in [3.8, 4) is 0 Å². The van der Waals surface area contributed by atoms with E-state index in [1.54, 1.807) is 0 Å². The van der Waals surface area contributed by atoms with Gasteiger partial charge in [0.25, 0.3) is 0 Å². The average Bonchev–Trinajstić information content (AvgIpc) is 3.02. The standard InChI is InChI=1S/C15H20ClN3/c1-3-15(8-5-9-17-15)14-18-12-10-11(16)6-7-13(12)19(14)4-2/h6-7,10,17H,3-5,8-9H2,1-2H3. The van der Waals surface area contributed by atoms with Gasteiger partial charge in [-0.3, -0.25) is 0 Å². The molecule has 102 valence electrons. The van der Waals surface area contributed by atoms with Crippen molar-refractivity contribution in [3.63, 3.8) is 0 Å². The van der Waals surface area contributed by atoms with E-state index in [0.29, 0.717) is 0 Å². The van der Waals surface area contributed by atoms with Gasteiger partial charge >= 0.3 is 0 Å². The highest BCUT2D eigenvalue weighted by atomic mass is 35.5. The number of fused-ring (bicyclic) bond motifs is 1. The summed E-state index contributed by atoms with van der Waals surface area (Å²) in [6.45, 7) is 6.45. The predicted octanol–water partition coefficient (Wildman–Crippen LogP) is 3.70. The van der Waals surface area contributed by atoms with Crippen LogP contribution in [0.2, 0.25) is 5.02 Å². The second kappa shape index (κ2) is 4.80. The highest BCUT2D eigenvalue weighted by Gasteiger charge is 2.37. The first-order valence-corrected chi connectivity index (χ1v) is 7.49. The first-order valence-electron chi connectivity index (χ1n) is 7.11. The lowest BCUT2D eigenvalue weighted by Gasteiger charge is -2.28. The van der Waals surface area contributed by atoms with Crippen LogP contribution in [0, 0.1) is 0 Å². The fraction of sp³-hybridized carbons (Fsp3) is 0.533. The Hall–Kier alpha value is -1.06. The number of hydrogen-bond acceptors (Lipinski definition) is 2. The number of aromatic nitrogens is 2. The minimum absolute atomic E-state index is 0.0432. The lowest BCUT2D eigenvalue weighted by atomic mass is 9.93. The smallest absolute Gasteiger partial charge is 0.130 e. The van der Waals surface area contributed by atoms with Crippen molar-refractivity contribution in [2.75, 3.05) is 6.54 Å². The third kappa shape index (κ3) is 1.96. The van der Waals surface area contributed by atoms with Gasteiger partial charge in [0.05, 0.1) is 16.6 Å². The van der Waals surface area contributed by atoms with Gasteiger partial charge in [-0.15, -0.1) is 0 Å². The van der Waals surface area contributed by atoms with Crippen LogP contribution in [0.4, 0.5) is 0 Å². The molecule has 3 nitrogen and oxygen atoms in total. The molecule has 2 aromatic rings. The number of hydrogen-bond donors (Lipinski definition) is 1. The summed E-state index contributed by atoms with van der Waals surface area (Å²) in [6.07, 6.45) is 3.46. The van der Waals surface area contributed by atoms with Crippen LogP contribution in [0.5, 0.6) is 0 Å². The van der Waals surface area contributed by atoms with Crippen LogP contribution in [0.3, 0.4) is 0 Å². The number of benzene rings is 1. The van der Waals surface area contributed by atoms with Gasteiger partial charge in [-0.25, -0.2) is 4.98 Å². The quantitative estimate of drug-likeness (QED) is 0.927. The molecular formula is C15H20ClN3. The van der Waals surface area contributed by atoms with E-state index >= 15 is 0 Å². The monoisotopic (exact) mass is 277 g/mol. The molecule has 2 heterocycles. The fourth-order valence-corrected chi connectivity index (χ4v) is 3.41. The van der Waals surface area contributed by atoms with E-state index in [9.17, 15) is 0 Å². The highest BCUT2D eigenvalue weighted by Crippen LogP contribution is 2.35. The van der Waals surface area contributed by atoms with Gasteiger partial charge < -0.3 is 9.88 Å². The second-order valence-corrected chi connectivity index (χ2v) is 5.72. The normalized spacial score (nSPS) is 23.3. The Morgan fingerprint density at radius 3 is 2.89 bits per heavy atom. The molecule has 3 rings (SSSR count). The van der Waals surface area contributed by atoms with Crippen molar-refractivity contribution >= 4 is 22.6 Å². The van der Waals surface area contributed by atoms with Gasteiger partial charge in [0.2, 0.25) is 0 Å². The molecule has 1 saturated heterocycles. The summed E-state index contributed by atoms with van der Waals surface area (Å²) in [5, 5.41) is 4.42. The number of imidazole rings is 1. The lowest BCUT2D eigenvalue weighted by molar-refractivity contribution is 0.341. The van der Waals surface area contributed by atoms with E-state index in [1.165, 1.54) is 24.2 Å². The van der Waals surface area contributed by atoms with Crippen LogP contribution in [-0.4, -0.2) is 16.1 Å². The Labute approximate surface area is 119 Å². The summed E-state index contributed by atoms with van der Waals surface area (Å²) < 4.78 is 2.33. The molecular weight excluding hydrogens is 258 g/mol. The summed E-state index contributed by atoms with van der Waals surface area (Å²) >= 11 is 6.09. The molecule has 0 saturated carbocycles. The van der Waals surface area contributed by atoms with Crippen molar-refractivity contribution in [2.24, 2.45) is 0 Å². The van der Waals surface area contributed by atoms with Crippen LogP contribution < -0.4 is 5.32 Å². The molecule has 1 fully saturated rings. The third-order valence-electron chi connectivity index (χ3n) is 4.30. The maximum atomic E-state index is 6.09. The lowest BCUT2D eigenvalue weighted by Crippen LogP contribution is -2.38. The van der Waals surface area contributed by atoms with E-state index < -0.39 is 0 Å². The molecule has 1 N–H and O–H groups in total. The number of nitrogens with one attached hydrogen (secondary N) is 1. The Morgan fingerprint density at radius 2 is 2.26 bits per heavy atom. The molecule has 0 radical (unpaired) electrons. The van der Waals surface area contributed by atoms with Crippen LogP contribution >= 0.6 is 11.6 Å². The summed E-state index contributed by atoms with van der Waals surface area (Å²) in [5.41, 5.74) is 2.23. The van der Waals surface area contributed by atoms with Gasteiger partial charge in [-0.1, -0.05) is 18.5 Å². The van der Waals surface area contributed by atoms with Gasteiger partial charge in [0.15, 0.2) is 0 Å². The Morgan fingerprint density at radius 1 is 1.42 bits per heavy atom. The van der Waals surface area contributed by atoms with E-state index in [2.05, 4.69) is 29.8 Å². The van der Waals surface area contributed by atoms with Gasteiger partial charge in [0, 0.05) is 11.6 Å². The summed E-state index contributed by atoms with van der Waals surface area (Å²) in [5.74, 6) is 1.17. The van der Waals surface area contributed by atoms with E-state index in [4.69, 9.17) is 16.6 Å². The average molecular weight is 278 g/mol. The van der Waals surface area contributed by atoms with Crippen LogP contribution in [0.15, 0.2) is 18.2 Å². The molecule has 1 aromatic heterocycles. The zero-order valence-corrected chi connectivity index (χ0v) is 12.3. The maximum absolute atomic E-state index is 6.09. The number of halogens is 1. The first-order chi connectivity index (χ1) is 9.20. The topological polar surface area (TPSA) is 29.9 Å². The second-order valence-electron chi connectivity index (χ2n) is 5.28. The Kier molecular flexibility index (Phi) is 3.27. The Balaban J connectivity index is 2.22. The first kappa shape index (κ1) is 12.9. The molecule has 0 aliphatic carbocycles. The largest absolute Gasteiger partial charge is 0.327 e. The zero-order chi connectivity index (χ0) is 13.5. The van der Waals surface area contributed by atoms with Gasteiger partial charge in [0.1, 0.15) is 5.82 Å². The van der Waals surface area contributed by atoms with E-state index in [1.807, 2.05) is 12.1 Å². The summed E-state index contributed by atoms with van der Waals surface area (Å²) in [7, 11) is 0. The number of nitrogens with zero attached hydrogens (tertiary/aromatic N) is 2. The van der Waals surface area contributed by atoms with E-state index in [-0.39, 0.29) is 5.54 Å². The minimum Gasteiger partial charge on any atom is -0.327 e. The highest BCUT2D eigenvalue weighted by molar-refractivity contribution is 6.31. The van der Waals surface area contributed by atoms with Crippen molar-refractivity contribution in [3.05, 3.63) is 29.0 Å². The minimum atomic E-state index is 0.0432. The zero-order valence-electron chi connectivity index (χ0n) is 11.5. The Bertz CT molecular complexity index is 597. The van der Waals surface area contributed by atoms with Crippen LogP contribution in [0.1, 0.15) is 38.9 Å². The molecule has 1 aliphatic heterocycles. The van der Waals surface area contributed by atoms with E-state index in [0.717, 1.165) is 30.0 Å². The maximum Gasteiger partial charge on any atom is 0.130 e. The third-order valence-corrected chi connectivity index (χ3v) is 4.54. The number of aryl methyl sites for hydroxylation is 1. The van der Waals surface area contributed by atoms with Crippen molar-refractivity contribution in [1.82, 2.24) is 14.9 Å². The molecule has 0 amide bonds. The van der Waals surface area contributed by atoms with Gasteiger partial charge in [-0.05, 0) is 50.9 Å². The van der Waals surface area contributed by atoms with Crippen molar-refractivity contribution in [2.45, 2.75) is 45.2 Å². The predicted molar refractivity (Wildman–Crippen MR) is 79.6 cm³/mol. The van der Waals surface area contributed by atoms with Crippen LogP contribution in [0.25, 0.3) is 11.0 Å². The van der Waals surface area contributed by atoms with Gasteiger partial charge in [-0.2, -0.15) is 0 Å². The molecule has 1 unspecified atom stereocenters. The molecule has 1 atom stereocenters. The molecule has 1 aliphatic rings. The summed E-state index contributed by atoms with van der Waals surface area (Å²) in [4.78, 5) is 4.89. The molecule has 1 aromatic carbocycles. The van der Waals surface area contributed by atoms with Crippen LogP contribution in [-0.2, 0) is 12.1 Å². The molecule has 19 heavy (non-hydrogen) atoms. The number of rotatable bonds is 3. The fourth-order valence-electron chi connectivity index (χ4n) is 3.25. The van der Waals surface area contributed by atoms with Crippen molar-refractivity contribution < 1.29 is 0 Å². The molecule has 0 bridgehead atoms. The molecule has 0 spiro atoms.